The molecule has 6 heteroatoms. The lowest BCUT2D eigenvalue weighted by atomic mass is 9.85. The summed E-state index contributed by atoms with van der Waals surface area (Å²) < 4.78 is 0. The van der Waals surface area contributed by atoms with Gasteiger partial charge in [-0.2, -0.15) is 0 Å². The van der Waals surface area contributed by atoms with Crippen molar-refractivity contribution in [3.63, 3.8) is 0 Å². The van der Waals surface area contributed by atoms with Gasteiger partial charge in [-0.15, -0.1) is 0 Å². The highest BCUT2D eigenvalue weighted by Gasteiger charge is 2.22. The van der Waals surface area contributed by atoms with Crippen LogP contribution in [-0.4, -0.2) is 31.1 Å². The predicted molar refractivity (Wildman–Crippen MR) is 89.2 cm³/mol. The van der Waals surface area contributed by atoms with E-state index in [1.165, 1.54) is 0 Å². The maximum atomic E-state index is 11.9. The van der Waals surface area contributed by atoms with Crippen molar-refractivity contribution in [2.24, 2.45) is 0 Å². The van der Waals surface area contributed by atoms with Crippen LogP contribution in [0.5, 0.6) is 0 Å². The Hall–Kier alpha value is -1.75. The summed E-state index contributed by atoms with van der Waals surface area (Å²) in [7, 11) is 0. The van der Waals surface area contributed by atoms with Crippen molar-refractivity contribution in [2.75, 3.05) is 13.1 Å². The summed E-state index contributed by atoms with van der Waals surface area (Å²) in [5, 5.41) is 8.76. The van der Waals surface area contributed by atoms with E-state index in [1.807, 2.05) is 45.0 Å². The van der Waals surface area contributed by atoms with Crippen molar-refractivity contribution in [3.05, 3.63) is 34.9 Å². The fraction of sp³-hybridized carbons (Fsp3) is 0.500. The summed E-state index contributed by atoms with van der Waals surface area (Å²) in [6, 6.07) is 6.61. The molecule has 0 saturated carbocycles. The molecule has 0 heterocycles. The zero-order chi connectivity index (χ0) is 16.8. The second-order valence-corrected chi connectivity index (χ2v) is 6.27. The Balaban J connectivity index is 2.52. The average Bonchev–Trinajstić information content (AvgIpc) is 2.46. The van der Waals surface area contributed by atoms with Gasteiger partial charge in [0.2, 0.25) is 5.91 Å². The van der Waals surface area contributed by atoms with Crippen molar-refractivity contribution < 1.29 is 9.59 Å². The molecule has 3 N–H and O–H groups in total. The van der Waals surface area contributed by atoms with Crippen LogP contribution in [0.25, 0.3) is 0 Å². The van der Waals surface area contributed by atoms with Crippen molar-refractivity contribution in [2.45, 2.75) is 39.2 Å². The third-order valence-electron chi connectivity index (χ3n) is 3.41. The second kappa shape index (κ2) is 8.03. The topological polar surface area (TPSA) is 70.2 Å². The van der Waals surface area contributed by atoms with Gasteiger partial charge in [0.05, 0.1) is 0 Å². The van der Waals surface area contributed by atoms with Gasteiger partial charge in [-0.25, -0.2) is 4.79 Å². The summed E-state index contributed by atoms with van der Waals surface area (Å²) in [6.07, 6.45) is 0. The van der Waals surface area contributed by atoms with E-state index in [9.17, 15) is 9.59 Å². The van der Waals surface area contributed by atoms with Gasteiger partial charge in [0.15, 0.2) is 0 Å². The van der Waals surface area contributed by atoms with E-state index in [0.717, 1.165) is 5.56 Å². The molecule has 0 aliphatic carbocycles. The minimum atomic E-state index is -0.571. The Morgan fingerprint density at radius 2 is 1.77 bits per heavy atom. The second-order valence-electron chi connectivity index (χ2n) is 5.83. The minimum Gasteiger partial charge on any atom is -0.355 e. The third-order valence-corrected chi connectivity index (χ3v) is 3.66. The van der Waals surface area contributed by atoms with Crippen LogP contribution >= 0.6 is 11.6 Å². The number of carbonyl (C=O) groups is 2. The molecular weight excluding hydrogens is 302 g/mol. The predicted octanol–water partition coefficient (Wildman–Crippen LogP) is 2.44. The first kappa shape index (κ1) is 18.3. The van der Waals surface area contributed by atoms with Gasteiger partial charge in [0.1, 0.15) is 6.04 Å². The molecule has 5 nitrogen and oxygen atoms in total. The van der Waals surface area contributed by atoms with Crippen LogP contribution in [0.3, 0.4) is 0 Å². The smallest absolute Gasteiger partial charge is 0.315 e. The number of hydrogen-bond acceptors (Lipinski definition) is 2. The molecule has 1 rings (SSSR count). The number of carbonyl (C=O) groups excluding carboxylic acids is 2. The Bertz CT molecular complexity index is 515. The molecule has 0 bridgehead atoms. The van der Waals surface area contributed by atoms with Gasteiger partial charge in [-0.3, -0.25) is 4.79 Å². The van der Waals surface area contributed by atoms with E-state index in [2.05, 4.69) is 16.0 Å². The zero-order valence-corrected chi connectivity index (χ0v) is 14.3. The van der Waals surface area contributed by atoms with Gasteiger partial charge >= 0.3 is 6.03 Å². The Kier molecular flexibility index (Phi) is 6.68. The van der Waals surface area contributed by atoms with Crippen LogP contribution in [-0.2, 0) is 10.2 Å². The lowest BCUT2D eigenvalue weighted by Gasteiger charge is -2.26. The van der Waals surface area contributed by atoms with Crippen LogP contribution in [0.2, 0.25) is 5.02 Å². The average molecular weight is 326 g/mol. The van der Waals surface area contributed by atoms with E-state index >= 15 is 0 Å². The normalized spacial score (nSPS) is 12.4. The standard InChI is InChI=1S/C16H24ClN3O2/c1-5-18-14(21)11(2)20-15(22)19-10-16(3,4)12-6-8-13(17)9-7-12/h6-9,11H,5,10H2,1-4H3,(H,18,21)(H2,19,20,22). The Morgan fingerprint density at radius 1 is 1.18 bits per heavy atom. The molecule has 122 valence electrons. The number of nitrogens with one attached hydrogen (secondary N) is 3. The quantitative estimate of drug-likeness (QED) is 0.752. The summed E-state index contributed by atoms with van der Waals surface area (Å²) in [5.74, 6) is -0.199. The fourth-order valence-corrected chi connectivity index (χ4v) is 2.07. The lowest BCUT2D eigenvalue weighted by molar-refractivity contribution is -0.122. The largest absolute Gasteiger partial charge is 0.355 e. The van der Waals surface area contributed by atoms with E-state index in [0.29, 0.717) is 18.1 Å². The number of rotatable bonds is 6. The van der Waals surface area contributed by atoms with Crippen molar-refractivity contribution in [1.29, 1.82) is 0 Å². The molecule has 1 aromatic rings. The van der Waals surface area contributed by atoms with Crippen molar-refractivity contribution in [1.82, 2.24) is 16.0 Å². The molecule has 0 aliphatic heterocycles. The Labute approximate surface area is 136 Å². The third kappa shape index (κ3) is 5.56. The number of likely N-dealkylation sites (N-methyl/N-ethyl adjacent to an activating group) is 1. The van der Waals surface area contributed by atoms with Crippen LogP contribution in [0.1, 0.15) is 33.3 Å². The number of benzene rings is 1. The highest BCUT2D eigenvalue weighted by molar-refractivity contribution is 6.30. The SMILES string of the molecule is CCNC(=O)C(C)NC(=O)NCC(C)(C)c1ccc(Cl)cc1. The van der Waals surface area contributed by atoms with E-state index in [4.69, 9.17) is 11.6 Å². The maximum Gasteiger partial charge on any atom is 0.315 e. The molecular formula is C16H24ClN3O2. The summed E-state index contributed by atoms with van der Waals surface area (Å²) in [4.78, 5) is 23.4. The van der Waals surface area contributed by atoms with Gasteiger partial charge < -0.3 is 16.0 Å². The Morgan fingerprint density at radius 3 is 2.32 bits per heavy atom. The highest BCUT2D eigenvalue weighted by Crippen LogP contribution is 2.23. The van der Waals surface area contributed by atoms with Crippen molar-refractivity contribution >= 4 is 23.5 Å². The molecule has 0 spiro atoms. The molecule has 1 unspecified atom stereocenters. The van der Waals surface area contributed by atoms with Gasteiger partial charge in [-0.1, -0.05) is 37.6 Å². The first-order chi connectivity index (χ1) is 10.3. The van der Waals surface area contributed by atoms with E-state index in [-0.39, 0.29) is 17.4 Å². The molecule has 0 saturated heterocycles. The summed E-state index contributed by atoms with van der Waals surface area (Å²) in [5.41, 5.74) is 0.839. The maximum absolute atomic E-state index is 11.9. The number of amides is 3. The first-order valence-corrected chi connectivity index (χ1v) is 7.72. The van der Waals surface area contributed by atoms with Crippen molar-refractivity contribution in [3.8, 4) is 0 Å². The van der Waals surface area contributed by atoms with Crippen LogP contribution < -0.4 is 16.0 Å². The van der Waals surface area contributed by atoms with Gasteiger partial charge in [-0.05, 0) is 31.5 Å². The molecule has 0 aliphatic rings. The zero-order valence-electron chi connectivity index (χ0n) is 13.5. The van der Waals surface area contributed by atoms with Gasteiger partial charge in [0, 0.05) is 23.5 Å². The molecule has 22 heavy (non-hydrogen) atoms. The highest BCUT2D eigenvalue weighted by atomic mass is 35.5. The molecule has 3 amide bonds. The summed E-state index contributed by atoms with van der Waals surface area (Å²) in [6.45, 7) is 8.53. The summed E-state index contributed by atoms with van der Waals surface area (Å²) >= 11 is 5.88. The van der Waals surface area contributed by atoms with Gasteiger partial charge in [0.25, 0.3) is 0 Å². The molecule has 0 fully saturated rings. The van der Waals surface area contributed by atoms with E-state index in [1.54, 1.807) is 6.92 Å². The van der Waals surface area contributed by atoms with Crippen LogP contribution in [0, 0.1) is 0 Å². The molecule has 0 aromatic heterocycles. The monoisotopic (exact) mass is 325 g/mol. The lowest BCUT2D eigenvalue weighted by Crippen LogP contribution is -2.50. The molecule has 1 aromatic carbocycles. The number of urea groups is 1. The molecule has 0 radical (unpaired) electrons. The molecule has 1 atom stereocenters. The first-order valence-electron chi connectivity index (χ1n) is 7.34. The number of hydrogen-bond donors (Lipinski definition) is 3. The van der Waals surface area contributed by atoms with Crippen LogP contribution in [0.4, 0.5) is 4.79 Å². The minimum absolute atomic E-state index is 0.199. The van der Waals surface area contributed by atoms with E-state index < -0.39 is 6.04 Å². The van der Waals surface area contributed by atoms with Crippen LogP contribution in [0.15, 0.2) is 24.3 Å². The fourth-order valence-electron chi connectivity index (χ4n) is 1.94. The number of halogens is 1.